The molecule has 0 aromatic carbocycles. The second-order valence-electron chi connectivity index (χ2n) is 3.98. The minimum absolute atomic E-state index is 0.0399. The van der Waals surface area contributed by atoms with Crippen molar-refractivity contribution in [2.45, 2.75) is 39.7 Å². The van der Waals surface area contributed by atoms with E-state index in [1.807, 2.05) is 27.7 Å². The Bertz CT molecular complexity index is 421. The lowest BCUT2D eigenvalue weighted by Crippen LogP contribution is -2.31. The molecule has 0 aliphatic heterocycles. The number of rotatable bonds is 4. The van der Waals surface area contributed by atoms with Gasteiger partial charge in [-0.25, -0.2) is 0 Å². The maximum Gasteiger partial charge on any atom is 0.242 e. The highest BCUT2D eigenvalue weighted by Crippen LogP contribution is 2.17. The number of nitrogens with zero attached hydrogens (tertiary/aromatic N) is 2. The predicted octanol–water partition coefficient (Wildman–Crippen LogP) is 1.76. The van der Waals surface area contributed by atoms with Crippen LogP contribution in [-0.4, -0.2) is 27.2 Å². The normalized spacial score (nSPS) is 12.8. The van der Waals surface area contributed by atoms with Gasteiger partial charge in [0.15, 0.2) is 4.77 Å². The highest BCUT2D eigenvalue weighted by molar-refractivity contribution is 7.71. The van der Waals surface area contributed by atoms with Crippen molar-refractivity contribution in [3.63, 3.8) is 0 Å². The van der Waals surface area contributed by atoms with Crippen molar-refractivity contribution in [1.29, 1.82) is 0 Å². The molecule has 2 N–H and O–H groups in total. The fourth-order valence-corrected chi connectivity index (χ4v) is 1.83. The highest BCUT2D eigenvalue weighted by atomic mass is 32.1. The number of carbonyl (C=O) groups excluding carboxylic acids is 1. The molecule has 6 heteroatoms. The van der Waals surface area contributed by atoms with Crippen molar-refractivity contribution in [3.8, 4) is 0 Å². The maximum absolute atomic E-state index is 11.7. The predicted molar refractivity (Wildman–Crippen MR) is 64.9 cm³/mol. The summed E-state index contributed by atoms with van der Waals surface area (Å²) in [5, 5.41) is 9.66. The molecule has 1 atom stereocenters. The van der Waals surface area contributed by atoms with Gasteiger partial charge in [-0.1, -0.05) is 13.8 Å². The Kier molecular flexibility index (Phi) is 4.23. The summed E-state index contributed by atoms with van der Waals surface area (Å²) in [5.74, 6) is 0.996. The summed E-state index contributed by atoms with van der Waals surface area (Å²) in [5.41, 5.74) is 0. The number of likely N-dealkylation sites (N-methyl/N-ethyl adjacent to an activating group) is 1. The van der Waals surface area contributed by atoms with Crippen molar-refractivity contribution in [2.75, 3.05) is 6.54 Å². The molecule has 1 aromatic heterocycles. The van der Waals surface area contributed by atoms with Gasteiger partial charge < -0.3 is 5.32 Å². The van der Waals surface area contributed by atoms with E-state index >= 15 is 0 Å². The summed E-state index contributed by atoms with van der Waals surface area (Å²) in [6.07, 6.45) is 0. The maximum atomic E-state index is 11.7. The zero-order valence-corrected chi connectivity index (χ0v) is 10.9. The summed E-state index contributed by atoms with van der Waals surface area (Å²) in [4.78, 5) is 11.7. The number of H-pyrrole nitrogens is 1. The lowest BCUT2D eigenvalue weighted by molar-refractivity contribution is -0.123. The molecule has 0 aliphatic carbocycles. The van der Waals surface area contributed by atoms with Gasteiger partial charge in [0.05, 0.1) is 0 Å². The number of aromatic nitrogens is 3. The number of amides is 1. The van der Waals surface area contributed by atoms with Gasteiger partial charge in [-0.05, 0) is 26.1 Å². The van der Waals surface area contributed by atoms with Crippen LogP contribution < -0.4 is 5.32 Å². The lowest BCUT2D eigenvalue weighted by atomic mass is 10.2. The smallest absolute Gasteiger partial charge is 0.242 e. The van der Waals surface area contributed by atoms with Gasteiger partial charge in [-0.3, -0.25) is 14.5 Å². The van der Waals surface area contributed by atoms with Gasteiger partial charge in [-0.15, -0.1) is 0 Å². The Hall–Kier alpha value is -1.17. The molecular formula is C10H18N4OS. The van der Waals surface area contributed by atoms with Gasteiger partial charge in [-0.2, -0.15) is 5.10 Å². The van der Waals surface area contributed by atoms with E-state index in [1.54, 1.807) is 4.57 Å². The summed E-state index contributed by atoms with van der Waals surface area (Å²) >= 11 is 5.14. The third-order valence-electron chi connectivity index (χ3n) is 2.37. The number of hydrogen-bond donors (Lipinski definition) is 2. The first kappa shape index (κ1) is 12.9. The SMILES string of the molecule is CCNC(=O)C(C)n1c(C(C)C)n[nH]c1=S. The first-order valence-electron chi connectivity index (χ1n) is 5.43. The number of nitrogens with one attached hydrogen (secondary N) is 2. The molecule has 1 heterocycles. The molecule has 1 aromatic rings. The second kappa shape index (κ2) is 5.25. The van der Waals surface area contributed by atoms with Gasteiger partial charge in [0.25, 0.3) is 0 Å². The van der Waals surface area contributed by atoms with Gasteiger partial charge in [0.2, 0.25) is 5.91 Å². The van der Waals surface area contributed by atoms with Crippen molar-refractivity contribution in [3.05, 3.63) is 10.6 Å². The van der Waals surface area contributed by atoms with Crippen LogP contribution in [0.15, 0.2) is 0 Å². The molecule has 0 fully saturated rings. The molecule has 0 aliphatic rings. The van der Waals surface area contributed by atoms with Crippen LogP contribution in [0.4, 0.5) is 0 Å². The Morgan fingerprint density at radius 2 is 2.19 bits per heavy atom. The van der Waals surface area contributed by atoms with Crippen LogP contribution in [0.3, 0.4) is 0 Å². The van der Waals surface area contributed by atoms with Crippen molar-refractivity contribution < 1.29 is 4.79 Å². The molecule has 90 valence electrons. The van der Waals surface area contributed by atoms with Crippen molar-refractivity contribution >= 4 is 18.1 Å². The number of aromatic amines is 1. The summed E-state index contributed by atoms with van der Waals surface area (Å²) in [6.45, 7) is 8.37. The van der Waals surface area contributed by atoms with Crippen LogP contribution in [0, 0.1) is 4.77 Å². The van der Waals surface area contributed by atoms with E-state index in [1.165, 1.54) is 0 Å². The largest absolute Gasteiger partial charge is 0.355 e. The third kappa shape index (κ3) is 2.49. The third-order valence-corrected chi connectivity index (χ3v) is 2.65. The van der Waals surface area contributed by atoms with Crippen molar-refractivity contribution in [2.24, 2.45) is 0 Å². The Morgan fingerprint density at radius 1 is 1.56 bits per heavy atom. The highest BCUT2D eigenvalue weighted by Gasteiger charge is 2.20. The monoisotopic (exact) mass is 242 g/mol. The van der Waals surface area contributed by atoms with Gasteiger partial charge >= 0.3 is 0 Å². The molecule has 16 heavy (non-hydrogen) atoms. The van der Waals surface area contributed by atoms with E-state index in [4.69, 9.17) is 12.2 Å². The minimum atomic E-state index is -0.330. The van der Waals surface area contributed by atoms with Gasteiger partial charge in [0.1, 0.15) is 11.9 Å². The van der Waals surface area contributed by atoms with Crippen LogP contribution in [0.1, 0.15) is 45.5 Å². The standard InChI is InChI=1S/C10H18N4OS/c1-5-11-9(15)7(4)14-8(6(2)3)12-13-10(14)16/h6-7H,5H2,1-4H3,(H,11,15)(H,13,16). The molecule has 0 spiro atoms. The van der Waals surface area contributed by atoms with E-state index in [0.717, 1.165) is 5.82 Å². The fraction of sp³-hybridized carbons (Fsp3) is 0.700. The van der Waals surface area contributed by atoms with E-state index in [9.17, 15) is 4.79 Å². The van der Waals surface area contributed by atoms with E-state index in [-0.39, 0.29) is 17.9 Å². The minimum Gasteiger partial charge on any atom is -0.355 e. The average Bonchev–Trinajstić information content (AvgIpc) is 2.59. The number of hydrogen-bond acceptors (Lipinski definition) is 3. The molecule has 1 unspecified atom stereocenters. The van der Waals surface area contributed by atoms with Crippen LogP contribution >= 0.6 is 12.2 Å². The molecular weight excluding hydrogens is 224 g/mol. The molecule has 0 radical (unpaired) electrons. The zero-order chi connectivity index (χ0) is 12.3. The fourth-order valence-electron chi connectivity index (χ4n) is 1.54. The molecule has 0 saturated heterocycles. The lowest BCUT2D eigenvalue weighted by Gasteiger charge is -2.16. The second-order valence-corrected chi connectivity index (χ2v) is 4.37. The Balaban J connectivity index is 3.07. The Labute approximate surface area is 100 Å². The van der Waals surface area contributed by atoms with E-state index < -0.39 is 0 Å². The van der Waals surface area contributed by atoms with Crippen LogP contribution in [0.5, 0.6) is 0 Å². The topological polar surface area (TPSA) is 62.7 Å². The molecule has 1 rings (SSSR count). The summed E-state index contributed by atoms with van der Waals surface area (Å²) in [6, 6.07) is -0.330. The summed E-state index contributed by atoms with van der Waals surface area (Å²) in [7, 11) is 0. The quantitative estimate of drug-likeness (QED) is 0.791. The van der Waals surface area contributed by atoms with Crippen LogP contribution in [-0.2, 0) is 4.79 Å². The zero-order valence-electron chi connectivity index (χ0n) is 10.1. The average molecular weight is 242 g/mol. The van der Waals surface area contributed by atoms with Crippen molar-refractivity contribution in [1.82, 2.24) is 20.1 Å². The number of carbonyl (C=O) groups is 1. The van der Waals surface area contributed by atoms with Gasteiger partial charge in [0, 0.05) is 12.5 Å². The molecule has 5 nitrogen and oxygen atoms in total. The van der Waals surface area contributed by atoms with E-state index in [0.29, 0.717) is 11.3 Å². The first-order valence-corrected chi connectivity index (χ1v) is 5.84. The van der Waals surface area contributed by atoms with Crippen LogP contribution in [0.25, 0.3) is 0 Å². The Morgan fingerprint density at radius 3 is 2.69 bits per heavy atom. The van der Waals surface area contributed by atoms with E-state index in [2.05, 4.69) is 15.5 Å². The molecule has 0 saturated carbocycles. The summed E-state index contributed by atoms with van der Waals surface area (Å²) < 4.78 is 2.26. The first-order chi connectivity index (χ1) is 7.49. The van der Waals surface area contributed by atoms with Crippen LogP contribution in [0.2, 0.25) is 0 Å². The molecule has 0 bridgehead atoms. The molecule has 1 amide bonds.